The molecule has 0 saturated heterocycles. The third kappa shape index (κ3) is 13.7. The molecular formula is C15H33NO12. The standard InChI is InChI=1S/C5H9NO4.2C5H12O4/c6-3(5(9)10)1-2-4(7)8;2*6-1-5(2-7,3-8)4-9/h3H,1-2,6H2,(H,7,8)(H,9,10);2*6-9H,1-4H2/t3-;;/m0../s1. The summed E-state index contributed by atoms with van der Waals surface area (Å²) < 4.78 is 0. The normalized spacial score (nSPS) is 12.2. The fourth-order valence-electron chi connectivity index (χ4n) is 1.00. The monoisotopic (exact) mass is 419 g/mol. The van der Waals surface area contributed by atoms with Crippen LogP contribution in [0.5, 0.6) is 0 Å². The average Bonchev–Trinajstić information content (AvgIpc) is 2.71. The van der Waals surface area contributed by atoms with Gasteiger partial charge in [-0.3, -0.25) is 9.59 Å². The SMILES string of the molecule is N[C@@H](CCC(=O)O)C(=O)O.OCC(CO)(CO)CO.OCC(CO)(CO)CO. The number of nitrogens with two attached hydrogens (primary N) is 1. The smallest absolute Gasteiger partial charge is 0.320 e. The second-order valence-corrected chi connectivity index (χ2v) is 6.14. The first kappa shape index (κ1) is 31.3. The van der Waals surface area contributed by atoms with Crippen molar-refractivity contribution in [2.45, 2.75) is 18.9 Å². The Labute approximate surface area is 161 Å². The predicted octanol–water partition coefficient (Wildman–Crippen LogP) is -4.85. The van der Waals surface area contributed by atoms with Crippen LogP contribution in [0, 0.1) is 10.8 Å². The number of aliphatic hydroxyl groups is 8. The van der Waals surface area contributed by atoms with Crippen LogP contribution < -0.4 is 5.73 Å². The molecule has 0 radical (unpaired) electrons. The number of carboxylic acids is 2. The Bertz CT molecular complexity index is 343. The number of hydrogen-bond donors (Lipinski definition) is 11. The molecule has 0 rings (SSSR count). The lowest BCUT2D eigenvalue weighted by molar-refractivity contribution is -0.139. The zero-order valence-corrected chi connectivity index (χ0v) is 15.5. The molecule has 0 unspecified atom stereocenters. The third-order valence-corrected chi connectivity index (χ3v) is 3.67. The van der Waals surface area contributed by atoms with Gasteiger partial charge in [-0.05, 0) is 6.42 Å². The summed E-state index contributed by atoms with van der Waals surface area (Å²) in [4.78, 5) is 19.9. The number of aliphatic hydroxyl groups excluding tert-OH is 8. The largest absolute Gasteiger partial charge is 0.481 e. The first-order chi connectivity index (χ1) is 13.0. The van der Waals surface area contributed by atoms with E-state index in [4.69, 9.17) is 56.8 Å². The van der Waals surface area contributed by atoms with Crippen LogP contribution in [0.3, 0.4) is 0 Å². The van der Waals surface area contributed by atoms with Crippen molar-refractivity contribution in [3.05, 3.63) is 0 Å². The molecule has 0 aliphatic heterocycles. The summed E-state index contributed by atoms with van der Waals surface area (Å²) in [5, 5.41) is 84.2. The van der Waals surface area contributed by atoms with Gasteiger partial charge >= 0.3 is 11.9 Å². The molecular weight excluding hydrogens is 386 g/mol. The summed E-state index contributed by atoms with van der Waals surface area (Å²) in [7, 11) is 0. The van der Waals surface area contributed by atoms with E-state index in [1.807, 2.05) is 0 Å². The molecule has 0 spiro atoms. The van der Waals surface area contributed by atoms with Crippen LogP contribution in [-0.2, 0) is 9.59 Å². The number of hydrogen-bond acceptors (Lipinski definition) is 11. The highest BCUT2D eigenvalue weighted by Gasteiger charge is 2.27. The summed E-state index contributed by atoms with van der Waals surface area (Å²) in [6.07, 6.45) is -0.224. The van der Waals surface area contributed by atoms with E-state index in [9.17, 15) is 9.59 Å². The van der Waals surface area contributed by atoms with E-state index >= 15 is 0 Å². The second-order valence-electron chi connectivity index (χ2n) is 6.14. The molecule has 28 heavy (non-hydrogen) atoms. The van der Waals surface area contributed by atoms with Gasteiger partial charge in [0.25, 0.3) is 0 Å². The van der Waals surface area contributed by atoms with Gasteiger partial charge < -0.3 is 56.8 Å². The molecule has 0 amide bonds. The van der Waals surface area contributed by atoms with Gasteiger partial charge in [-0.25, -0.2) is 0 Å². The van der Waals surface area contributed by atoms with Crippen molar-refractivity contribution in [3.8, 4) is 0 Å². The van der Waals surface area contributed by atoms with E-state index in [1.165, 1.54) is 0 Å². The van der Waals surface area contributed by atoms with Gasteiger partial charge in [0.1, 0.15) is 6.04 Å². The van der Waals surface area contributed by atoms with Crippen LogP contribution in [0.2, 0.25) is 0 Å². The maximum Gasteiger partial charge on any atom is 0.320 e. The quantitative estimate of drug-likeness (QED) is 0.142. The molecule has 13 nitrogen and oxygen atoms in total. The Balaban J connectivity index is -0.000000336. The number of carboxylic acid groups (broad SMARTS) is 2. The van der Waals surface area contributed by atoms with Crippen LogP contribution in [0.15, 0.2) is 0 Å². The van der Waals surface area contributed by atoms with Crippen molar-refractivity contribution in [1.82, 2.24) is 0 Å². The van der Waals surface area contributed by atoms with Gasteiger partial charge in [0, 0.05) is 6.42 Å². The van der Waals surface area contributed by atoms with Crippen molar-refractivity contribution in [3.63, 3.8) is 0 Å². The zero-order valence-electron chi connectivity index (χ0n) is 15.5. The molecule has 0 aliphatic carbocycles. The van der Waals surface area contributed by atoms with Crippen molar-refractivity contribution in [1.29, 1.82) is 0 Å². The second kappa shape index (κ2) is 17.7. The Morgan fingerprint density at radius 1 is 0.643 bits per heavy atom. The van der Waals surface area contributed by atoms with Crippen molar-refractivity contribution < 1.29 is 60.7 Å². The highest BCUT2D eigenvalue weighted by atomic mass is 16.4. The lowest BCUT2D eigenvalue weighted by Gasteiger charge is -2.23. The van der Waals surface area contributed by atoms with E-state index in [-0.39, 0.29) is 12.8 Å². The molecule has 13 heteroatoms. The predicted molar refractivity (Wildman–Crippen MR) is 94.0 cm³/mol. The molecule has 12 N–H and O–H groups in total. The fourth-order valence-corrected chi connectivity index (χ4v) is 1.00. The zero-order chi connectivity index (χ0) is 22.8. The van der Waals surface area contributed by atoms with Gasteiger partial charge in [0.2, 0.25) is 0 Å². The third-order valence-electron chi connectivity index (χ3n) is 3.67. The highest BCUT2D eigenvalue weighted by Crippen LogP contribution is 2.12. The summed E-state index contributed by atoms with van der Waals surface area (Å²) in [5.41, 5.74) is 2.78. The van der Waals surface area contributed by atoms with E-state index in [0.717, 1.165) is 0 Å². The molecule has 170 valence electrons. The molecule has 0 bridgehead atoms. The van der Waals surface area contributed by atoms with Crippen LogP contribution in [-0.4, -0.2) is 122 Å². The molecule has 0 aliphatic rings. The van der Waals surface area contributed by atoms with Crippen molar-refractivity contribution in [2.24, 2.45) is 16.6 Å². The molecule has 1 atom stereocenters. The van der Waals surface area contributed by atoms with Gasteiger partial charge in [0.05, 0.1) is 63.7 Å². The minimum absolute atomic E-state index is 0.0231. The molecule has 0 aromatic heterocycles. The van der Waals surface area contributed by atoms with Crippen LogP contribution >= 0.6 is 0 Å². The van der Waals surface area contributed by atoms with E-state index < -0.39 is 81.7 Å². The maximum absolute atomic E-state index is 9.99. The summed E-state index contributed by atoms with van der Waals surface area (Å²) >= 11 is 0. The fraction of sp³-hybridized carbons (Fsp3) is 0.867. The Hall–Kier alpha value is -1.42. The minimum Gasteiger partial charge on any atom is -0.481 e. The minimum atomic E-state index is -1.17. The van der Waals surface area contributed by atoms with E-state index in [0.29, 0.717) is 0 Å². The topological polar surface area (TPSA) is 262 Å². The summed E-state index contributed by atoms with van der Waals surface area (Å²) in [6, 6.07) is -1.06. The van der Waals surface area contributed by atoms with Gasteiger partial charge in [-0.1, -0.05) is 0 Å². The number of rotatable bonds is 12. The highest BCUT2D eigenvalue weighted by molar-refractivity contribution is 5.74. The van der Waals surface area contributed by atoms with Crippen LogP contribution in [0.1, 0.15) is 12.8 Å². The summed E-state index contributed by atoms with van der Waals surface area (Å²) in [6.45, 7) is -3.25. The van der Waals surface area contributed by atoms with Gasteiger partial charge in [0.15, 0.2) is 0 Å². The first-order valence-corrected chi connectivity index (χ1v) is 8.10. The number of carbonyl (C=O) groups is 2. The average molecular weight is 419 g/mol. The maximum atomic E-state index is 9.99. The van der Waals surface area contributed by atoms with Crippen LogP contribution in [0.4, 0.5) is 0 Å². The van der Waals surface area contributed by atoms with E-state index in [1.54, 1.807) is 0 Å². The Kier molecular flexibility index (Phi) is 19.7. The summed E-state index contributed by atoms with van der Waals surface area (Å²) in [5.74, 6) is -2.20. The Morgan fingerprint density at radius 3 is 1.00 bits per heavy atom. The molecule has 0 fully saturated rings. The lowest BCUT2D eigenvalue weighted by Crippen LogP contribution is -2.37. The van der Waals surface area contributed by atoms with Gasteiger partial charge in [-0.15, -0.1) is 0 Å². The van der Waals surface area contributed by atoms with Crippen molar-refractivity contribution >= 4 is 11.9 Å². The van der Waals surface area contributed by atoms with Crippen LogP contribution in [0.25, 0.3) is 0 Å². The lowest BCUT2D eigenvalue weighted by atomic mass is 9.93. The van der Waals surface area contributed by atoms with Gasteiger partial charge in [-0.2, -0.15) is 0 Å². The number of aliphatic carboxylic acids is 2. The molecule has 0 heterocycles. The Morgan fingerprint density at radius 2 is 0.893 bits per heavy atom. The molecule has 0 aromatic rings. The van der Waals surface area contributed by atoms with Crippen molar-refractivity contribution in [2.75, 3.05) is 52.9 Å². The molecule has 0 aromatic carbocycles. The van der Waals surface area contributed by atoms with E-state index in [2.05, 4.69) is 0 Å². The first-order valence-electron chi connectivity index (χ1n) is 8.10. The molecule has 0 saturated carbocycles.